The van der Waals surface area contributed by atoms with Gasteiger partial charge in [-0.2, -0.15) is 4.72 Å². The molecule has 0 aliphatic heterocycles. The lowest BCUT2D eigenvalue weighted by atomic mass is 10.0. The molecule has 0 unspecified atom stereocenters. The summed E-state index contributed by atoms with van der Waals surface area (Å²) in [6, 6.07) is 7.23. The first kappa shape index (κ1) is 24.4. The van der Waals surface area contributed by atoms with Gasteiger partial charge in [0.25, 0.3) is 11.8 Å². The lowest BCUT2D eigenvalue weighted by Gasteiger charge is -2.19. The molecule has 2 aromatic carbocycles. The first-order valence-electron chi connectivity index (χ1n) is 9.90. The highest BCUT2D eigenvalue weighted by atomic mass is 32.2. The third-order valence-corrected chi connectivity index (χ3v) is 6.83. The van der Waals surface area contributed by atoms with Crippen molar-refractivity contribution in [1.29, 1.82) is 0 Å². The predicted molar refractivity (Wildman–Crippen MR) is 118 cm³/mol. The van der Waals surface area contributed by atoms with E-state index in [1.54, 1.807) is 38.1 Å². The van der Waals surface area contributed by atoms with Gasteiger partial charge in [0.1, 0.15) is 5.75 Å². The summed E-state index contributed by atoms with van der Waals surface area (Å²) >= 11 is 0. The minimum atomic E-state index is -3.95. The van der Waals surface area contributed by atoms with Crippen LogP contribution in [0.15, 0.2) is 35.2 Å². The smallest absolute Gasteiger partial charge is 0.269 e. The Labute approximate surface area is 183 Å². The molecule has 0 spiro atoms. The second-order valence-corrected chi connectivity index (χ2v) is 8.98. The van der Waals surface area contributed by atoms with Gasteiger partial charge in [0, 0.05) is 5.56 Å². The quantitative estimate of drug-likeness (QED) is 0.564. The molecule has 2 aromatic rings. The van der Waals surface area contributed by atoms with Crippen molar-refractivity contribution in [3.8, 4) is 5.75 Å². The fraction of sp³-hybridized carbons (Fsp3) is 0.364. The van der Waals surface area contributed by atoms with Crippen molar-refractivity contribution < 1.29 is 22.7 Å². The van der Waals surface area contributed by atoms with E-state index in [4.69, 9.17) is 4.74 Å². The average Bonchev–Trinajstić information content (AvgIpc) is 2.70. The van der Waals surface area contributed by atoms with Crippen molar-refractivity contribution in [2.24, 2.45) is 0 Å². The number of ether oxygens (including phenoxy) is 1. The molecule has 0 aliphatic carbocycles. The second-order valence-electron chi connectivity index (χ2n) is 7.33. The van der Waals surface area contributed by atoms with Crippen molar-refractivity contribution in [2.75, 3.05) is 6.61 Å². The third-order valence-electron chi connectivity index (χ3n) is 5.02. The number of amides is 2. The molecule has 0 aliphatic rings. The zero-order valence-corrected chi connectivity index (χ0v) is 19.4. The van der Waals surface area contributed by atoms with E-state index in [0.717, 1.165) is 11.1 Å². The number of benzene rings is 2. The number of carbonyl (C=O) groups is 2. The van der Waals surface area contributed by atoms with Gasteiger partial charge >= 0.3 is 0 Å². The number of rotatable bonds is 7. The SMILES string of the molecule is CCOc1ccc(C(=O)NNC(=O)[C@H](C)NS(=O)(=O)c2c(C)c(C)cc(C)c2C)cc1. The van der Waals surface area contributed by atoms with Gasteiger partial charge in [-0.3, -0.25) is 20.4 Å². The standard InChI is InChI=1S/C22H29N3O5S/c1-7-30-19-10-8-18(9-11-19)22(27)24-23-21(26)17(6)25-31(28,29)20-15(4)13(2)12-14(3)16(20)5/h8-12,17,25H,7H2,1-6H3,(H,23,26)(H,24,27)/t17-/m0/s1. The molecule has 3 N–H and O–H groups in total. The van der Waals surface area contributed by atoms with Crippen LogP contribution in [0.4, 0.5) is 0 Å². The molecule has 2 rings (SSSR count). The summed E-state index contributed by atoms with van der Waals surface area (Å²) in [7, 11) is -3.95. The van der Waals surface area contributed by atoms with Gasteiger partial charge < -0.3 is 4.74 Å². The molecule has 0 aromatic heterocycles. The number of hydrogen-bond acceptors (Lipinski definition) is 5. The average molecular weight is 448 g/mol. The van der Waals surface area contributed by atoms with Gasteiger partial charge in [-0.1, -0.05) is 6.07 Å². The van der Waals surface area contributed by atoms with Crippen LogP contribution in [0.3, 0.4) is 0 Å². The van der Waals surface area contributed by atoms with Crippen LogP contribution in [-0.4, -0.2) is 32.9 Å². The lowest BCUT2D eigenvalue weighted by Crippen LogP contribution is -2.51. The van der Waals surface area contributed by atoms with Crippen LogP contribution in [0.1, 0.15) is 46.5 Å². The normalized spacial score (nSPS) is 12.2. The van der Waals surface area contributed by atoms with Crippen molar-refractivity contribution in [2.45, 2.75) is 52.5 Å². The maximum Gasteiger partial charge on any atom is 0.269 e. The number of sulfonamides is 1. The Morgan fingerprint density at radius 2 is 1.52 bits per heavy atom. The molecule has 2 amide bonds. The van der Waals surface area contributed by atoms with E-state index in [9.17, 15) is 18.0 Å². The molecule has 9 heteroatoms. The summed E-state index contributed by atoms with van der Waals surface area (Å²) in [6.07, 6.45) is 0. The van der Waals surface area contributed by atoms with E-state index in [-0.39, 0.29) is 4.90 Å². The molecule has 0 heterocycles. The largest absolute Gasteiger partial charge is 0.494 e. The number of hydrogen-bond donors (Lipinski definition) is 3. The Hall–Kier alpha value is -2.91. The Bertz CT molecular complexity index is 1050. The van der Waals surface area contributed by atoms with E-state index in [1.165, 1.54) is 6.92 Å². The fourth-order valence-corrected chi connectivity index (χ4v) is 4.92. The highest BCUT2D eigenvalue weighted by molar-refractivity contribution is 7.89. The number of aryl methyl sites for hydroxylation is 2. The summed E-state index contributed by atoms with van der Waals surface area (Å²) in [6.45, 7) is 10.9. The molecular weight excluding hydrogens is 418 g/mol. The molecular formula is C22H29N3O5S. The van der Waals surface area contributed by atoms with Crippen LogP contribution in [-0.2, 0) is 14.8 Å². The molecule has 31 heavy (non-hydrogen) atoms. The summed E-state index contributed by atoms with van der Waals surface area (Å²) < 4.78 is 33.6. The number of hydrazine groups is 1. The maximum absolute atomic E-state index is 12.9. The van der Waals surface area contributed by atoms with Gasteiger partial charge in [-0.05, 0) is 88.1 Å². The van der Waals surface area contributed by atoms with Crippen LogP contribution >= 0.6 is 0 Å². The Balaban J connectivity index is 2.05. The third kappa shape index (κ3) is 5.83. The molecule has 0 bridgehead atoms. The minimum absolute atomic E-state index is 0.170. The molecule has 0 fully saturated rings. The predicted octanol–water partition coefficient (Wildman–Crippen LogP) is 2.45. The van der Waals surface area contributed by atoms with Gasteiger partial charge in [-0.25, -0.2) is 8.42 Å². The van der Waals surface area contributed by atoms with E-state index in [1.807, 2.05) is 26.8 Å². The van der Waals surface area contributed by atoms with E-state index >= 15 is 0 Å². The molecule has 0 saturated heterocycles. The van der Waals surface area contributed by atoms with Crippen molar-refractivity contribution in [3.05, 3.63) is 58.1 Å². The molecule has 8 nitrogen and oxygen atoms in total. The fourth-order valence-electron chi connectivity index (χ4n) is 3.10. The van der Waals surface area contributed by atoms with Crippen LogP contribution < -0.4 is 20.3 Å². The first-order chi connectivity index (χ1) is 14.5. The van der Waals surface area contributed by atoms with Crippen LogP contribution in [0, 0.1) is 27.7 Å². The van der Waals surface area contributed by atoms with Gasteiger partial charge in [0.2, 0.25) is 10.0 Å². The van der Waals surface area contributed by atoms with Crippen molar-refractivity contribution in [1.82, 2.24) is 15.6 Å². The summed E-state index contributed by atoms with van der Waals surface area (Å²) in [5.41, 5.74) is 7.81. The summed E-state index contributed by atoms with van der Waals surface area (Å²) in [4.78, 5) is 24.7. The number of carbonyl (C=O) groups excluding carboxylic acids is 2. The van der Waals surface area contributed by atoms with E-state index in [0.29, 0.717) is 29.0 Å². The summed E-state index contributed by atoms with van der Waals surface area (Å²) in [5, 5.41) is 0. The lowest BCUT2D eigenvalue weighted by molar-refractivity contribution is -0.123. The Morgan fingerprint density at radius 3 is 2.03 bits per heavy atom. The topological polar surface area (TPSA) is 114 Å². The van der Waals surface area contributed by atoms with Crippen LogP contribution in [0.25, 0.3) is 0 Å². The Kier molecular flexibility index (Phi) is 7.80. The van der Waals surface area contributed by atoms with Gasteiger partial charge in [-0.15, -0.1) is 0 Å². The molecule has 0 radical (unpaired) electrons. The van der Waals surface area contributed by atoms with Crippen LogP contribution in [0.5, 0.6) is 5.75 Å². The highest BCUT2D eigenvalue weighted by Gasteiger charge is 2.26. The van der Waals surface area contributed by atoms with Gasteiger partial charge in [0.05, 0.1) is 17.5 Å². The Morgan fingerprint density at radius 1 is 0.968 bits per heavy atom. The van der Waals surface area contributed by atoms with Crippen molar-refractivity contribution >= 4 is 21.8 Å². The second kappa shape index (κ2) is 9.93. The maximum atomic E-state index is 12.9. The minimum Gasteiger partial charge on any atom is -0.494 e. The monoisotopic (exact) mass is 447 g/mol. The van der Waals surface area contributed by atoms with Crippen LogP contribution in [0.2, 0.25) is 0 Å². The first-order valence-corrected chi connectivity index (χ1v) is 11.4. The molecule has 1 atom stereocenters. The number of nitrogens with one attached hydrogen (secondary N) is 3. The highest BCUT2D eigenvalue weighted by Crippen LogP contribution is 2.26. The van der Waals surface area contributed by atoms with E-state index < -0.39 is 27.9 Å². The zero-order valence-electron chi connectivity index (χ0n) is 18.6. The summed E-state index contributed by atoms with van der Waals surface area (Å²) in [5.74, 6) is -0.599. The zero-order chi connectivity index (χ0) is 23.3. The molecule has 168 valence electrons. The molecule has 0 saturated carbocycles. The van der Waals surface area contributed by atoms with Gasteiger partial charge in [0.15, 0.2) is 0 Å². The van der Waals surface area contributed by atoms with E-state index in [2.05, 4.69) is 15.6 Å². The van der Waals surface area contributed by atoms with Crippen molar-refractivity contribution in [3.63, 3.8) is 0 Å².